The van der Waals surface area contributed by atoms with Crippen LogP contribution in [0.15, 0.2) is 11.4 Å². The van der Waals surface area contributed by atoms with E-state index < -0.39 is 40.6 Å². The second kappa shape index (κ2) is 5.23. The quantitative estimate of drug-likeness (QED) is 0.471. The van der Waals surface area contributed by atoms with Gasteiger partial charge in [-0.05, 0) is 18.4 Å². The van der Waals surface area contributed by atoms with Crippen molar-refractivity contribution in [3.63, 3.8) is 0 Å². The van der Waals surface area contributed by atoms with E-state index in [9.17, 15) is 34.8 Å². The Balaban J connectivity index is 2.03. The van der Waals surface area contributed by atoms with Crippen molar-refractivity contribution in [2.75, 3.05) is 0 Å². The average Bonchev–Trinajstić information content (AvgIpc) is 3.05. The molecule has 1 aromatic carbocycles. The van der Waals surface area contributed by atoms with Crippen molar-refractivity contribution in [1.29, 1.82) is 0 Å². The van der Waals surface area contributed by atoms with E-state index in [-0.39, 0.29) is 45.5 Å². The zero-order chi connectivity index (χ0) is 19.0. The largest absolute Gasteiger partial charge is 0.507 e. The number of hydrogen-bond donors (Lipinski definition) is 4. The molecule has 4 rings (SSSR count). The van der Waals surface area contributed by atoms with E-state index >= 15 is 0 Å². The maximum Gasteiger partial charge on any atom is 0.208 e. The van der Waals surface area contributed by atoms with Gasteiger partial charge in [0.15, 0.2) is 11.6 Å². The van der Waals surface area contributed by atoms with Crippen LogP contribution in [0.4, 0.5) is 0 Å². The minimum atomic E-state index is -1.93. The van der Waals surface area contributed by atoms with Crippen LogP contribution in [0.5, 0.6) is 11.5 Å². The third-order valence-electron chi connectivity index (χ3n) is 5.15. The fourth-order valence-electron chi connectivity index (χ4n) is 3.74. The highest BCUT2D eigenvalue weighted by molar-refractivity contribution is 7.12. The van der Waals surface area contributed by atoms with Crippen LogP contribution in [-0.4, -0.2) is 43.4 Å². The highest BCUT2D eigenvalue weighted by atomic mass is 32.1. The van der Waals surface area contributed by atoms with E-state index in [1.54, 1.807) is 5.38 Å². The van der Waals surface area contributed by atoms with E-state index in [2.05, 4.69) is 0 Å². The number of phenols is 2. The molecule has 2 atom stereocenters. The number of aliphatic hydroxyl groups is 2. The Kier molecular flexibility index (Phi) is 3.40. The molecule has 2 aliphatic carbocycles. The van der Waals surface area contributed by atoms with Gasteiger partial charge in [0.2, 0.25) is 5.78 Å². The molecule has 0 radical (unpaired) electrons. The number of hydrogen-bond acceptors (Lipinski definition) is 8. The number of benzene rings is 1. The van der Waals surface area contributed by atoms with Crippen molar-refractivity contribution in [2.45, 2.75) is 31.5 Å². The lowest BCUT2D eigenvalue weighted by Gasteiger charge is -2.36. The van der Waals surface area contributed by atoms with Gasteiger partial charge in [0, 0.05) is 29.5 Å². The number of thiophene rings is 1. The maximum atomic E-state index is 12.7. The number of carbonyl (C=O) groups is 3. The molecular weight excluding hydrogens is 360 g/mol. The standard InChI is InChI=1S/C18H14O7S/c1-6(19)18(25)4-8-10(9(20)5-18)15(23)12-11(14(8)22)13(21)7-2-3-26-17(7)16(12)24/h2-3,9,20,22-23,25H,4-5H2,1H3/t9-,18+/m1/s1. The van der Waals surface area contributed by atoms with Crippen molar-refractivity contribution in [1.82, 2.24) is 0 Å². The summed E-state index contributed by atoms with van der Waals surface area (Å²) in [6, 6.07) is 1.46. The van der Waals surface area contributed by atoms with Gasteiger partial charge in [-0.2, -0.15) is 0 Å². The summed E-state index contributed by atoms with van der Waals surface area (Å²) in [6.07, 6.45) is -2.23. The fraction of sp³-hybridized carbons (Fsp3) is 0.278. The average molecular weight is 374 g/mol. The van der Waals surface area contributed by atoms with Gasteiger partial charge in [0.05, 0.1) is 22.1 Å². The lowest BCUT2D eigenvalue weighted by atomic mass is 9.73. The first kappa shape index (κ1) is 16.9. The van der Waals surface area contributed by atoms with Gasteiger partial charge in [-0.25, -0.2) is 0 Å². The predicted molar refractivity (Wildman–Crippen MR) is 89.9 cm³/mol. The highest BCUT2D eigenvalue weighted by Gasteiger charge is 2.47. The number of aliphatic hydroxyl groups excluding tert-OH is 1. The molecule has 2 aliphatic rings. The molecule has 1 heterocycles. The van der Waals surface area contributed by atoms with Crippen molar-refractivity contribution in [3.8, 4) is 11.5 Å². The van der Waals surface area contributed by atoms with Crippen LogP contribution in [0.1, 0.15) is 61.7 Å². The Labute approximate surface area is 151 Å². The SMILES string of the molecule is CC(=O)[C@]1(O)Cc2c(O)c3c(c(O)c2[C@H](O)C1)C(=O)c1sccc1C3=O. The number of ketones is 3. The molecule has 2 aromatic rings. The van der Waals surface area contributed by atoms with E-state index in [0.29, 0.717) is 0 Å². The summed E-state index contributed by atoms with van der Waals surface area (Å²) in [6.45, 7) is 1.15. The molecule has 0 bridgehead atoms. The molecule has 0 saturated heterocycles. The predicted octanol–water partition coefficient (Wildman–Crippen LogP) is 1.23. The molecule has 8 heteroatoms. The van der Waals surface area contributed by atoms with Gasteiger partial charge in [0.1, 0.15) is 17.1 Å². The molecule has 4 N–H and O–H groups in total. The number of rotatable bonds is 1. The van der Waals surface area contributed by atoms with Crippen LogP contribution in [0.3, 0.4) is 0 Å². The zero-order valence-corrected chi connectivity index (χ0v) is 14.4. The summed E-state index contributed by atoms with van der Waals surface area (Å²) in [5, 5.41) is 43.7. The summed E-state index contributed by atoms with van der Waals surface area (Å²) >= 11 is 1.05. The van der Waals surface area contributed by atoms with E-state index in [1.165, 1.54) is 6.07 Å². The van der Waals surface area contributed by atoms with E-state index in [4.69, 9.17) is 0 Å². The monoisotopic (exact) mass is 374 g/mol. The molecule has 0 fully saturated rings. The highest BCUT2D eigenvalue weighted by Crippen LogP contribution is 2.50. The van der Waals surface area contributed by atoms with E-state index in [0.717, 1.165) is 18.3 Å². The maximum absolute atomic E-state index is 12.7. The molecule has 0 saturated carbocycles. The topological polar surface area (TPSA) is 132 Å². The Hall–Kier alpha value is -2.55. The van der Waals surface area contributed by atoms with Crippen molar-refractivity contribution < 1.29 is 34.8 Å². The fourth-order valence-corrected chi connectivity index (χ4v) is 4.58. The lowest BCUT2D eigenvalue weighted by Crippen LogP contribution is -2.44. The first-order valence-electron chi connectivity index (χ1n) is 7.86. The summed E-state index contributed by atoms with van der Waals surface area (Å²) in [5.74, 6) is -3.04. The molecule has 134 valence electrons. The second-order valence-electron chi connectivity index (χ2n) is 6.65. The second-order valence-corrected chi connectivity index (χ2v) is 7.56. The number of carbonyl (C=O) groups excluding carboxylic acids is 3. The van der Waals surface area contributed by atoms with Crippen molar-refractivity contribution in [3.05, 3.63) is 44.1 Å². The molecule has 26 heavy (non-hydrogen) atoms. The smallest absolute Gasteiger partial charge is 0.208 e. The Bertz CT molecular complexity index is 1020. The number of fused-ring (bicyclic) bond motifs is 3. The Morgan fingerprint density at radius 2 is 1.85 bits per heavy atom. The van der Waals surface area contributed by atoms with Gasteiger partial charge >= 0.3 is 0 Å². The minimum absolute atomic E-state index is 0.0995. The summed E-state index contributed by atoms with van der Waals surface area (Å²) in [7, 11) is 0. The first-order chi connectivity index (χ1) is 12.2. The van der Waals surface area contributed by atoms with Crippen LogP contribution in [0.2, 0.25) is 0 Å². The Morgan fingerprint density at radius 3 is 2.50 bits per heavy atom. The third-order valence-corrected chi connectivity index (χ3v) is 6.06. The minimum Gasteiger partial charge on any atom is -0.507 e. The van der Waals surface area contributed by atoms with Gasteiger partial charge < -0.3 is 20.4 Å². The number of aromatic hydroxyl groups is 2. The van der Waals surface area contributed by atoms with Crippen LogP contribution in [-0.2, 0) is 11.2 Å². The lowest BCUT2D eigenvalue weighted by molar-refractivity contribution is -0.139. The van der Waals surface area contributed by atoms with E-state index in [1.807, 2.05) is 0 Å². The van der Waals surface area contributed by atoms with Crippen molar-refractivity contribution >= 4 is 28.7 Å². The third kappa shape index (κ3) is 1.97. The van der Waals surface area contributed by atoms with Crippen LogP contribution >= 0.6 is 11.3 Å². The van der Waals surface area contributed by atoms with Crippen LogP contribution in [0.25, 0.3) is 0 Å². The molecule has 0 spiro atoms. The molecule has 1 aromatic heterocycles. The van der Waals surface area contributed by atoms with Gasteiger partial charge in [-0.1, -0.05) is 0 Å². The first-order valence-corrected chi connectivity index (χ1v) is 8.74. The van der Waals surface area contributed by atoms with Gasteiger partial charge in [-0.3, -0.25) is 14.4 Å². The summed E-state index contributed by atoms with van der Waals surface area (Å²) in [4.78, 5) is 37.4. The molecule has 0 aliphatic heterocycles. The number of phenolic OH excluding ortho intramolecular Hbond substituents is 2. The Morgan fingerprint density at radius 1 is 1.19 bits per heavy atom. The van der Waals surface area contributed by atoms with Crippen LogP contribution < -0.4 is 0 Å². The molecule has 0 amide bonds. The van der Waals surface area contributed by atoms with Crippen LogP contribution in [0, 0.1) is 0 Å². The number of Topliss-reactive ketones (excluding diaryl/α,β-unsaturated/α-hetero) is 1. The normalized spacial score (nSPS) is 24.0. The summed E-state index contributed by atoms with van der Waals surface area (Å²) < 4.78 is 0. The molecule has 0 unspecified atom stereocenters. The molecular formula is C18H14O7S. The van der Waals surface area contributed by atoms with Gasteiger partial charge in [0.25, 0.3) is 0 Å². The van der Waals surface area contributed by atoms with Crippen molar-refractivity contribution in [2.24, 2.45) is 0 Å². The van der Waals surface area contributed by atoms with Gasteiger partial charge in [-0.15, -0.1) is 11.3 Å². The zero-order valence-electron chi connectivity index (χ0n) is 13.6. The summed E-state index contributed by atoms with van der Waals surface area (Å²) in [5.41, 5.74) is -2.75. The molecule has 7 nitrogen and oxygen atoms in total.